The molecule has 31 heteroatoms. The Morgan fingerprint density at radius 3 is 1.45 bits per heavy atom. The minimum Gasteiger partial charge on any atom is -0.335 e. The van der Waals surface area contributed by atoms with Gasteiger partial charge in [0.2, 0.25) is 0 Å². The molecule has 6 atom stereocenters. The van der Waals surface area contributed by atoms with Crippen LogP contribution in [0.15, 0.2) is 0 Å². The Labute approximate surface area is 433 Å². The van der Waals surface area contributed by atoms with Crippen molar-refractivity contribution in [3.63, 3.8) is 0 Å². The smallest absolute Gasteiger partial charge is 0.335 e. The average molecular weight is 1110 g/mol. The number of amides is 10. The highest BCUT2D eigenvalue weighted by atomic mass is 32.2. The number of likely N-dealkylation sites (tertiary alicyclic amines) is 2. The fourth-order valence-corrected chi connectivity index (χ4v) is 13.8. The molecule has 28 nitrogen and oxygen atoms in total. The van der Waals surface area contributed by atoms with E-state index in [1.54, 1.807) is 4.90 Å². The second-order valence-corrected chi connectivity index (χ2v) is 23.2. The standard InChI is InChI=1S/2C13H21N3O5S.C12H18N2O4.C5H8N2O4S/c17-12-11-10(16(12)22(19,20)21)7-8-15(11)13(18)14-9-5-3-1-2-4-6-9;17-12-11-10(16(12)22-21-20-19)7-8-15(11)13(18)14-9-5-3-1-2-4-6-9;15-10-7-8-11(16)14(10)18-12(17)13-9-5-3-1-2-4-6-9;8-5-4-3(1-2-6-4)7(5)12(9,10)11/h9-11H,1-8H2,(H,14,18)(H,19,20,21);9-11,19H,1-8H2,(H,14,18);9H,1-8H2,(H,13,17);3-4,6H,1-2H2,(H,9,10,11)/t2*10-,11+;;3-,4+/m11.1/s1. The number of hydrogen-bond donors (Lipinski definition) is 7. The van der Waals surface area contributed by atoms with Crippen molar-refractivity contribution in [3.8, 4) is 0 Å². The zero-order valence-corrected chi connectivity index (χ0v) is 43.4. The lowest BCUT2D eigenvalue weighted by molar-refractivity contribution is -0.433. The molecule has 0 aromatic carbocycles. The van der Waals surface area contributed by atoms with E-state index in [0.717, 1.165) is 77.0 Å². The highest BCUT2D eigenvalue weighted by Gasteiger charge is 2.60. The molecule has 416 valence electrons. The van der Waals surface area contributed by atoms with Gasteiger partial charge in [-0.25, -0.2) is 28.3 Å². The zero-order chi connectivity index (χ0) is 53.3. The number of urea groups is 2. The van der Waals surface area contributed by atoms with E-state index in [1.165, 1.54) is 47.7 Å². The molecule has 0 radical (unpaired) electrons. The Hall–Kier alpha value is -4.63. The molecule has 7 heterocycles. The Morgan fingerprint density at radius 2 is 0.986 bits per heavy atom. The molecule has 0 spiro atoms. The molecule has 74 heavy (non-hydrogen) atoms. The Kier molecular flexibility index (Phi) is 19.7. The molecule has 3 saturated carbocycles. The minimum atomic E-state index is -4.53. The van der Waals surface area contributed by atoms with Crippen molar-refractivity contribution in [1.82, 2.24) is 49.0 Å². The molecular formula is C43H68N10O18S3. The van der Waals surface area contributed by atoms with Crippen molar-refractivity contribution in [2.75, 3.05) is 19.6 Å². The van der Waals surface area contributed by atoms with Crippen LogP contribution < -0.4 is 21.3 Å². The summed E-state index contributed by atoms with van der Waals surface area (Å²) < 4.78 is 67.8. The Morgan fingerprint density at radius 1 is 0.554 bits per heavy atom. The van der Waals surface area contributed by atoms with Crippen molar-refractivity contribution in [2.45, 2.75) is 202 Å². The summed E-state index contributed by atoms with van der Waals surface area (Å²) >= 11 is 0.653. The molecule has 0 bridgehead atoms. The van der Waals surface area contributed by atoms with Gasteiger partial charge in [0.05, 0.1) is 18.1 Å². The summed E-state index contributed by atoms with van der Waals surface area (Å²) in [5.74, 6) is -2.37. The number of nitrogens with zero attached hydrogens (tertiary/aromatic N) is 6. The first-order valence-electron chi connectivity index (χ1n) is 25.6. The van der Waals surface area contributed by atoms with E-state index < -0.39 is 74.5 Å². The van der Waals surface area contributed by atoms with Gasteiger partial charge >= 0.3 is 38.8 Å². The van der Waals surface area contributed by atoms with Gasteiger partial charge in [0.1, 0.15) is 18.1 Å². The van der Waals surface area contributed by atoms with E-state index in [9.17, 15) is 55.2 Å². The molecule has 7 saturated heterocycles. The number of fused-ring (bicyclic) bond motifs is 3. The number of carbonyl (C=O) groups excluding carboxylic acids is 8. The summed E-state index contributed by atoms with van der Waals surface area (Å²) in [7, 11) is -8.85. The Balaban J connectivity index is 0.000000147. The third-order valence-electron chi connectivity index (χ3n) is 15.1. The fourth-order valence-electron chi connectivity index (χ4n) is 11.4. The summed E-state index contributed by atoms with van der Waals surface area (Å²) in [6.45, 7) is 1.50. The third-order valence-corrected chi connectivity index (χ3v) is 17.8. The van der Waals surface area contributed by atoms with E-state index >= 15 is 0 Å². The summed E-state index contributed by atoms with van der Waals surface area (Å²) in [5, 5.41) is 23.8. The summed E-state index contributed by atoms with van der Waals surface area (Å²) in [5.41, 5.74) is 0. The maximum Gasteiger partial charge on any atom is 0.432 e. The zero-order valence-electron chi connectivity index (χ0n) is 41.0. The van der Waals surface area contributed by atoms with E-state index in [2.05, 4.69) is 30.6 Å². The molecule has 0 aromatic heterocycles. The van der Waals surface area contributed by atoms with Crippen LogP contribution >= 0.6 is 12.2 Å². The van der Waals surface area contributed by atoms with Gasteiger partial charge in [-0.05, 0) is 64.3 Å². The summed E-state index contributed by atoms with van der Waals surface area (Å²) in [6.07, 6.45) is 20.9. The number of hydrogen-bond acceptors (Lipinski definition) is 18. The van der Waals surface area contributed by atoms with E-state index in [0.29, 0.717) is 64.8 Å². The van der Waals surface area contributed by atoms with Crippen LogP contribution in [0.5, 0.6) is 0 Å². The van der Waals surface area contributed by atoms with Gasteiger partial charge in [-0.3, -0.25) is 37.4 Å². The van der Waals surface area contributed by atoms with Gasteiger partial charge in [0.25, 0.3) is 29.5 Å². The number of nitrogens with one attached hydrogen (secondary N) is 4. The van der Waals surface area contributed by atoms with Gasteiger partial charge in [-0.15, -0.1) is 9.40 Å². The van der Waals surface area contributed by atoms with Crippen LogP contribution in [-0.4, -0.2) is 181 Å². The van der Waals surface area contributed by atoms with E-state index in [1.807, 2.05) is 0 Å². The molecule has 7 aliphatic heterocycles. The van der Waals surface area contributed by atoms with Crippen molar-refractivity contribution in [1.29, 1.82) is 0 Å². The maximum atomic E-state index is 12.4. The largest absolute Gasteiger partial charge is 0.432 e. The molecule has 10 amide bonds. The van der Waals surface area contributed by atoms with Crippen LogP contribution in [0.2, 0.25) is 0 Å². The molecule has 7 N–H and O–H groups in total. The lowest BCUT2D eigenvalue weighted by atomic mass is 10.0. The van der Waals surface area contributed by atoms with Gasteiger partial charge < -0.3 is 35.9 Å². The van der Waals surface area contributed by atoms with Crippen LogP contribution in [0.4, 0.5) is 14.4 Å². The number of rotatable bonds is 9. The van der Waals surface area contributed by atoms with Crippen molar-refractivity contribution >= 4 is 80.5 Å². The van der Waals surface area contributed by atoms with Gasteiger partial charge in [0.15, 0.2) is 12.2 Å². The summed E-state index contributed by atoms with van der Waals surface area (Å²) in [4.78, 5) is 102. The molecule has 3 aliphatic carbocycles. The van der Waals surface area contributed by atoms with Crippen LogP contribution in [0.3, 0.4) is 0 Å². The first-order valence-corrected chi connectivity index (χ1v) is 29.1. The van der Waals surface area contributed by atoms with Crippen molar-refractivity contribution < 1.29 is 83.8 Å². The van der Waals surface area contributed by atoms with Crippen molar-refractivity contribution in [2.24, 2.45) is 0 Å². The summed E-state index contributed by atoms with van der Waals surface area (Å²) in [6, 6.07) is -2.64. The first-order chi connectivity index (χ1) is 35.3. The first kappa shape index (κ1) is 57.1. The van der Waals surface area contributed by atoms with Crippen LogP contribution in [-0.2, 0) is 58.8 Å². The van der Waals surface area contributed by atoms with Crippen LogP contribution in [0.25, 0.3) is 0 Å². The minimum absolute atomic E-state index is 0.0764. The lowest BCUT2D eigenvalue weighted by Gasteiger charge is -2.42. The lowest BCUT2D eigenvalue weighted by Crippen LogP contribution is -2.69. The highest BCUT2D eigenvalue weighted by Crippen LogP contribution is 2.39. The monoisotopic (exact) mass is 1110 g/mol. The molecular weight excluding hydrogens is 1040 g/mol. The number of carbonyl (C=O) groups is 8. The van der Waals surface area contributed by atoms with Gasteiger partial charge in [-0.1, -0.05) is 82.1 Å². The Bertz CT molecular complexity index is 2280. The molecule has 10 aliphatic rings. The molecule has 10 rings (SSSR count). The van der Waals surface area contributed by atoms with E-state index in [-0.39, 0.29) is 61.0 Å². The second kappa shape index (κ2) is 25.5. The molecule has 10 fully saturated rings. The predicted molar refractivity (Wildman–Crippen MR) is 256 cm³/mol. The average Bonchev–Trinajstić information content (AvgIpc) is 3.92. The normalized spacial score (nSPS) is 28.4. The van der Waals surface area contributed by atoms with Crippen LogP contribution in [0, 0.1) is 0 Å². The molecule has 0 unspecified atom stereocenters. The SMILES string of the molecule is O=C(NC1CCCCCC1)N1CC[C@@H]2[C@H]1C(=O)N2S(=O)(=O)O.O=C(NC1CCCCCC1)N1CC[C@@H]2[C@H]1C(=O)N2SOOO.O=C(NC1CCCCCC1)ON1C(=O)CCC1=O.O=C1[C@H]2NCC[C@H]2N1S(=O)(=O)O. The topological polar surface area (TPSA) is 361 Å². The van der Waals surface area contributed by atoms with Crippen molar-refractivity contribution in [3.05, 3.63) is 0 Å². The maximum absolute atomic E-state index is 12.4. The number of hydroxylamine groups is 2. The number of imide groups is 1. The fraction of sp³-hybridized carbons (Fsp3) is 0.814. The highest BCUT2D eigenvalue weighted by molar-refractivity contribution is 7.92. The predicted octanol–water partition coefficient (Wildman–Crippen LogP) is 2.06. The molecule has 0 aromatic rings. The third kappa shape index (κ3) is 13.7. The van der Waals surface area contributed by atoms with E-state index in [4.69, 9.17) is 19.2 Å². The van der Waals surface area contributed by atoms with Gasteiger partial charge in [-0.2, -0.15) is 16.8 Å². The second-order valence-electron chi connectivity index (χ2n) is 20.0. The van der Waals surface area contributed by atoms with Gasteiger partial charge in [0, 0.05) is 44.1 Å². The quantitative estimate of drug-likeness (QED) is 0.0254. The number of β-lactam (4-membered cyclic amide) rings is 3. The van der Waals surface area contributed by atoms with Crippen LogP contribution in [0.1, 0.15) is 148 Å².